The van der Waals surface area contributed by atoms with E-state index in [1.54, 1.807) is 5.56 Å². The van der Waals surface area contributed by atoms with Crippen molar-refractivity contribution in [1.82, 2.24) is 4.48 Å². The molecule has 0 spiro atoms. The molecule has 1 nitrogen and oxygen atoms in total. The molecule has 0 fully saturated rings. The number of hydrogen-bond acceptors (Lipinski definition) is 0. The largest absolute Gasteiger partial charge is 0.293 e. The number of rotatable bonds is 3. The molecule has 0 saturated carbocycles. The summed E-state index contributed by atoms with van der Waals surface area (Å²) in [4.78, 5) is 0. The molecular formula is C12H17NSi+. The first-order valence-electron chi connectivity index (χ1n) is 5.34. The highest BCUT2D eigenvalue weighted by atomic mass is 28.1. The second kappa shape index (κ2) is 3.87. The van der Waals surface area contributed by atoms with Crippen molar-refractivity contribution in [2.45, 2.75) is 18.9 Å². The highest BCUT2D eigenvalue weighted by molar-refractivity contribution is 6.08. The molecule has 1 unspecified atom stereocenters. The summed E-state index contributed by atoms with van der Waals surface area (Å²) in [5.41, 5.74) is 3.08. The average Bonchev–Trinajstić information content (AvgIpc) is 2.55. The van der Waals surface area contributed by atoms with Crippen LogP contribution in [0.2, 0.25) is 6.04 Å². The zero-order chi connectivity index (χ0) is 10.0. The van der Waals surface area contributed by atoms with Crippen LogP contribution in [0.1, 0.15) is 12.0 Å². The summed E-state index contributed by atoms with van der Waals surface area (Å²) in [5.74, 6) is 0. The van der Waals surface area contributed by atoms with Crippen LogP contribution in [0.25, 0.3) is 0 Å². The van der Waals surface area contributed by atoms with E-state index < -0.39 is 0 Å². The Morgan fingerprint density at radius 1 is 1.36 bits per heavy atom. The Hall–Kier alpha value is -0.603. The minimum absolute atomic E-state index is 1.11. The standard InChI is InChI=1S/C12H17NSi/c1-13(8-4-10-14)9-7-11-5-2-3-6-12(11)13/h2-3,5-6H,4,7-10H2,1H3/q+1. The fraction of sp³-hybridized carbons (Fsp3) is 0.500. The first kappa shape index (κ1) is 9.93. The van der Waals surface area contributed by atoms with Gasteiger partial charge in [0.05, 0.1) is 20.1 Å². The lowest BCUT2D eigenvalue weighted by Crippen LogP contribution is -2.43. The Balaban J connectivity index is 2.23. The Labute approximate surface area is 89.8 Å². The van der Waals surface area contributed by atoms with Crippen LogP contribution in [0.4, 0.5) is 5.69 Å². The second-order valence-electron chi connectivity index (χ2n) is 4.33. The Bertz CT molecular complexity index is 324. The molecular weight excluding hydrogens is 186 g/mol. The summed E-state index contributed by atoms with van der Waals surface area (Å²) in [7, 11) is 5.91. The fourth-order valence-corrected chi connectivity index (χ4v) is 2.55. The zero-order valence-electron chi connectivity index (χ0n) is 8.79. The third-order valence-electron chi connectivity index (χ3n) is 3.28. The minimum Gasteiger partial charge on any atom is -0.293 e. The summed E-state index contributed by atoms with van der Waals surface area (Å²) in [6.45, 7) is 2.52. The number of hydrogen-bond donors (Lipinski definition) is 0. The lowest BCUT2D eigenvalue weighted by molar-refractivity contribution is 0.357. The van der Waals surface area contributed by atoms with E-state index in [2.05, 4.69) is 41.6 Å². The SMILES string of the molecule is C[N+]1(CCC[Si])CCc2ccccc21. The van der Waals surface area contributed by atoms with Gasteiger partial charge in [0.1, 0.15) is 5.69 Å². The lowest BCUT2D eigenvalue weighted by Gasteiger charge is -2.29. The van der Waals surface area contributed by atoms with Crippen molar-refractivity contribution < 1.29 is 0 Å². The normalized spacial score (nSPS) is 25.0. The quantitative estimate of drug-likeness (QED) is 0.522. The van der Waals surface area contributed by atoms with Crippen molar-refractivity contribution in [2.75, 3.05) is 20.1 Å². The van der Waals surface area contributed by atoms with Gasteiger partial charge in [-0.05, 0) is 12.5 Å². The van der Waals surface area contributed by atoms with Gasteiger partial charge in [0.15, 0.2) is 0 Å². The number of likely N-dealkylation sites (N-methyl/N-ethyl adjacent to an activating group) is 1. The molecule has 0 aromatic heterocycles. The van der Waals surface area contributed by atoms with E-state index in [1.807, 2.05) is 0 Å². The summed E-state index contributed by atoms with van der Waals surface area (Å²) >= 11 is 0. The molecule has 0 bridgehead atoms. The van der Waals surface area contributed by atoms with E-state index in [4.69, 9.17) is 0 Å². The number of fused-ring (bicyclic) bond motifs is 1. The predicted octanol–water partition coefficient (Wildman–Crippen LogP) is 2.16. The maximum Gasteiger partial charge on any atom is 0.136 e. The summed E-state index contributed by atoms with van der Waals surface area (Å²) in [6, 6.07) is 9.98. The molecule has 14 heavy (non-hydrogen) atoms. The lowest BCUT2D eigenvalue weighted by atomic mass is 10.2. The molecule has 3 radical (unpaired) electrons. The topological polar surface area (TPSA) is 0 Å². The molecule has 2 rings (SSSR count). The number of nitrogens with zero attached hydrogens (tertiary/aromatic N) is 1. The molecule has 1 aromatic carbocycles. The van der Waals surface area contributed by atoms with Gasteiger partial charge < -0.3 is 0 Å². The zero-order valence-corrected chi connectivity index (χ0v) is 9.79. The van der Waals surface area contributed by atoms with Crippen LogP contribution >= 0.6 is 0 Å². The van der Waals surface area contributed by atoms with Gasteiger partial charge in [-0.25, -0.2) is 0 Å². The van der Waals surface area contributed by atoms with E-state index >= 15 is 0 Å². The van der Waals surface area contributed by atoms with Crippen molar-refractivity contribution in [3.8, 4) is 0 Å². The van der Waals surface area contributed by atoms with Crippen LogP contribution in [0.5, 0.6) is 0 Å². The van der Waals surface area contributed by atoms with E-state index in [0.29, 0.717) is 0 Å². The highest BCUT2D eigenvalue weighted by Crippen LogP contribution is 2.32. The third kappa shape index (κ3) is 1.64. The first-order chi connectivity index (χ1) is 6.76. The van der Waals surface area contributed by atoms with Gasteiger partial charge in [0, 0.05) is 22.2 Å². The predicted molar refractivity (Wildman–Crippen MR) is 62.8 cm³/mol. The highest BCUT2D eigenvalue weighted by Gasteiger charge is 2.32. The molecule has 1 aliphatic rings. The van der Waals surface area contributed by atoms with Crippen molar-refractivity contribution in [3.05, 3.63) is 29.8 Å². The molecule has 0 saturated heterocycles. The van der Waals surface area contributed by atoms with Gasteiger partial charge in [-0.2, -0.15) is 0 Å². The number of para-hydroxylation sites is 1. The van der Waals surface area contributed by atoms with E-state index in [0.717, 1.165) is 10.5 Å². The van der Waals surface area contributed by atoms with Crippen LogP contribution in [0, 0.1) is 0 Å². The van der Waals surface area contributed by atoms with Gasteiger partial charge in [-0.3, -0.25) is 4.48 Å². The van der Waals surface area contributed by atoms with Gasteiger partial charge >= 0.3 is 0 Å². The second-order valence-corrected chi connectivity index (χ2v) is 4.83. The average molecular weight is 203 g/mol. The molecule has 1 aliphatic heterocycles. The van der Waals surface area contributed by atoms with Gasteiger partial charge in [0.25, 0.3) is 0 Å². The Kier molecular flexibility index (Phi) is 2.75. The first-order valence-corrected chi connectivity index (χ1v) is 6.04. The minimum atomic E-state index is 1.11. The Morgan fingerprint density at radius 2 is 2.14 bits per heavy atom. The van der Waals surface area contributed by atoms with Crippen molar-refractivity contribution >= 4 is 15.9 Å². The van der Waals surface area contributed by atoms with Crippen LogP contribution in [-0.4, -0.2) is 30.4 Å². The third-order valence-corrected chi connectivity index (χ3v) is 3.63. The molecule has 1 aromatic rings. The summed E-state index contributed by atoms with van der Waals surface area (Å²) in [5, 5.41) is 0. The van der Waals surface area contributed by atoms with Crippen LogP contribution in [-0.2, 0) is 6.42 Å². The molecule has 1 heterocycles. The van der Waals surface area contributed by atoms with Gasteiger partial charge in [-0.1, -0.05) is 24.2 Å². The van der Waals surface area contributed by atoms with Gasteiger partial charge in [-0.15, -0.1) is 0 Å². The molecule has 0 amide bonds. The molecule has 73 valence electrons. The van der Waals surface area contributed by atoms with Crippen LogP contribution in [0.15, 0.2) is 24.3 Å². The van der Waals surface area contributed by atoms with Crippen molar-refractivity contribution in [1.29, 1.82) is 0 Å². The summed E-state index contributed by atoms with van der Waals surface area (Å²) < 4.78 is 1.13. The van der Waals surface area contributed by atoms with E-state index in [9.17, 15) is 0 Å². The monoisotopic (exact) mass is 203 g/mol. The molecule has 2 heteroatoms. The Morgan fingerprint density at radius 3 is 2.93 bits per heavy atom. The van der Waals surface area contributed by atoms with E-state index in [1.165, 1.54) is 31.6 Å². The van der Waals surface area contributed by atoms with Crippen LogP contribution in [0.3, 0.4) is 0 Å². The number of quaternary nitrogens is 1. The maximum absolute atomic E-state index is 3.56. The molecule has 0 aliphatic carbocycles. The van der Waals surface area contributed by atoms with Gasteiger partial charge in [0.2, 0.25) is 0 Å². The van der Waals surface area contributed by atoms with E-state index in [-0.39, 0.29) is 0 Å². The molecule has 0 N–H and O–H groups in total. The maximum atomic E-state index is 3.56. The van der Waals surface area contributed by atoms with Crippen molar-refractivity contribution in [2.24, 2.45) is 0 Å². The summed E-state index contributed by atoms with van der Waals surface area (Å²) in [6.07, 6.45) is 2.50. The smallest absolute Gasteiger partial charge is 0.136 e. The molecule has 1 atom stereocenters. The van der Waals surface area contributed by atoms with Crippen LogP contribution < -0.4 is 4.48 Å². The van der Waals surface area contributed by atoms with Crippen molar-refractivity contribution in [3.63, 3.8) is 0 Å². The fourth-order valence-electron chi connectivity index (χ4n) is 2.40. The number of benzene rings is 1.